The second-order valence-corrected chi connectivity index (χ2v) is 3.96. The first-order valence-electron chi connectivity index (χ1n) is 5.60. The molecule has 0 spiro atoms. The van der Waals surface area contributed by atoms with Gasteiger partial charge in [-0.05, 0) is 18.9 Å². The number of aromatic amines is 1. The molecule has 1 heterocycles. The van der Waals surface area contributed by atoms with Gasteiger partial charge in [0.25, 0.3) is 0 Å². The first-order valence-corrected chi connectivity index (χ1v) is 5.60. The van der Waals surface area contributed by atoms with Crippen molar-refractivity contribution in [3.63, 3.8) is 0 Å². The maximum atomic E-state index is 12.0. The number of rotatable bonds is 5. The van der Waals surface area contributed by atoms with Crippen LogP contribution in [0.25, 0.3) is 0 Å². The molecule has 2 rings (SSSR count). The molecule has 88 valence electrons. The van der Waals surface area contributed by atoms with Crippen LogP contribution in [0.3, 0.4) is 0 Å². The predicted molar refractivity (Wildman–Crippen MR) is 65.7 cm³/mol. The molecule has 1 unspecified atom stereocenters. The maximum Gasteiger partial charge on any atom is 0.179 e. The van der Waals surface area contributed by atoms with E-state index in [4.69, 9.17) is 5.73 Å². The van der Waals surface area contributed by atoms with Gasteiger partial charge >= 0.3 is 0 Å². The number of ketones is 1. The van der Waals surface area contributed by atoms with E-state index in [1.807, 2.05) is 24.3 Å². The van der Waals surface area contributed by atoms with E-state index in [-0.39, 0.29) is 5.78 Å². The lowest BCUT2D eigenvalue weighted by Gasteiger charge is -2.09. The molecule has 1 aromatic carbocycles. The van der Waals surface area contributed by atoms with Gasteiger partial charge < -0.3 is 5.73 Å². The van der Waals surface area contributed by atoms with E-state index in [0.717, 1.165) is 12.1 Å². The SMILES string of the molecule is NC(CCc1ccn[nH]1)C(=O)c1ccccc1. The lowest BCUT2D eigenvalue weighted by Crippen LogP contribution is -2.31. The van der Waals surface area contributed by atoms with E-state index >= 15 is 0 Å². The third kappa shape index (κ3) is 3.01. The quantitative estimate of drug-likeness (QED) is 0.764. The van der Waals surface area contributed by atoms with Crippen molar-refractivity contribution >= 4 is 5.78 Å². The summed E-state index contributed by atoms with van der Waals surface area (Å²) in [5, 5.41) is 6.71. The molecule has 1 atom stereocenters. The predicted octanol–water partition coefficient (Wildman–Crippen LogP) is 1.55. The van der Waals surface area contributed by atoms with Crippen LogP contribution < -0.4 is 5.73 Å². The lowest BCUT2D eigenvalue weighted by molar-refractivity contribution is 0.0957. The van der Waals surface area contributed by atoms with Crippen LogP contribution in [0, 0.1) is 0 Å². The Morgan fingerprint density at radius 2 is 2.06 bits per heavy atom. The minimum atomic E-state index is -0.458. The highest BCUT2D eigenvalue weighted by molar-refractivity contribution is 5.99. The fraction of sp³-hybridized carbons (Fsp3) is 0.231. The third-order valence-corrected chi connectivity index (χ3v) is 2.68. The summed E-state index contributed by atoms with van der Waals surface area (Å²) in [6.45, 7) is 0. The number of H-pyrrole nitrogens is 1. The standard InChI is InChI=1S/C13H15N3O/c14-12(7-6-11-8-9-15-16-11)13(17)10-4-2-1-3-5-10/h1-5,8-9,12H,6-7,14H2,(H,15,16). The second kappa shape index (κ2) is 5.41. The van der Waals surface area contributed by atoms with Crippen molar-refractivity contribution in [2.24, 2.45) is 5.73 Å². The summed E-state index contributed by atoms with van der Waals surface area (Å²) in [7, 11) is 0. The van der Waals surface area contributed by atoms with Crippen LogP contribution in [0.4, 0.5) is 0 Å². The molecule has 0 aliphatic carbocycles. The Bertz CT molecular complexity index is 465. The molecule has 3 N–H and O–H groups in total. The van der Waals surface area contributed by atoms with Crippen molar-refractivity contribution in [1.82, 2.24) is 10.2 Å². The van der Waals surface area contributed by atoms with Gasteiger partial charge in [0, 0.05) is 17.5 Å². The first-order chi connectivity index (χ1) is 8.27. The fourth-order valence-corrected chi connectivity index (χ4v) is 1.68. The van der Waals surface area contributed by atoms with Crippen molar-refractivity contribution in [3.8, 4) is 0 Å². The summed E-state index contributed by atoms with van der Waals surface area (Å²) in [6, 6.07) is 10.6. The van der Waals surface area contributed by atoms with Gasteiger partial charge in [-0.1, -0.05) is 30.3 Å². The van der Waals surface area contributed by atoms with Gasteiger partial charge in [0.05, 0.1) is 6.04 Å². The summed E-state index contributed by atoms with van der Waals surface area (Å²) in [4.78, 5) is 12.0. The van der Waals surface area contributed by atoms with Crippen molar-refractivity contribution in [1.29, 1.82) is 0 Å². The Labute approximate surface area is 99.8 Å². The van der Waals surface area contributed by atoms with E-state index in [9.17, 15) is 4.79 Å². The normalized spacial score (nSPS) is 12.3. The second-order valence-electron chi connectivity index (χ2n) is 3.96. The van der Waals surface area contributed by atoms with Crippen LogP contribution in [0.2, 0.25) is 0 Å². The maximum absolute atomic E-state index is 12.0. The topological polar surface area (TPSA) is 71.8 Å². The summed E-state index contributed by atoms with van der Waals surface area (Å²) >= 11 is 0. The molecular weight excluding hydrogens is 214 g/mol. The number of nitrogens with zero attached hydrogens (tertiary/aromatic N) is 1. The lowest BCUT2D eigenvalue weighted by atomic mass is 10.0. The number of aromatic nitrogens is 2. The number of carbonyl (C=O) groups excluding carboxylic acids is 1. The average Bonchev–Trinajstić information content (AvgIpc) is 2.89. The van der Waals surface area contributed by atoms with E-state index < -0.39 is 6.04 Å². The van der Waals surface area contributed by atoms with E-state index in [1.165, 1.54) is 0 Å². The Balaban J connectivity index is 1.92. The highest BCUT2D eigenvalue weighted by atomic mass is 16.1. The number of nitrogens with one attached hydrogen (secondary N) is 1. The van der Waals surface area contributed by atoms with Crippen LogP contribution in [0.5, 0.6) is 0 Å². The Morgan fingerprint density at radius 3 is 2.71 bits per heavy atom. The van der Waals surface area contributed by atoms with Crippen LogP contribution >= 0.6 is 0 Å². The highest BCUT2D eigenvalue weighted by Gasteiger charge is 2.15. The van der Waals surface area contributed by atoms with Gasteiger partial charge in [-0.3, -0.25) is 9.89 Å². The van der Waals surface area contributed by atoms with Crippen LogP contribution in [0.1, 0.15) is 22.5 Å². The fourth-order valence-electron chi connectivity index (χ4n) is 1.68. The first kappa shape index (κ1) is 11.5. The van der Waals surface area contributed by atoms with Crippen molar-refractivity contribution in [2.45, 2.75) is 18.9 Å². The molecular formula is C13H15N3O. The largest absolute Gasteiger partial charge is 0.321 e. The van der Waals surface area contributed by atoms with Gasteiger partial charge in [0.2, 0.25) is 0 Å². The number of hydrogen-bond acceptors (Lipinski definition) is 3. The van der Waals surface area contributed by atoms with E-state index in [1.54, 1.807) is 18.3 Å². The zero-order chi connectivity index (χ0) is 12.1. The number of Topliss-reactive ketones (excluding diaryl/α,β-unsaturated/α-hetero) is 1. The number of nitrogens with two attached hydrogens (primary N) is 1. The van der Waals surface area contributed by atoms with Crippen LogP contribution in [0.15, 0.2) is 42.6 Å². The van der Waals surface area contributed by atoms with Gasteiger partial charge in [-0.25, -0.2) is 0 Å². The van der Waals surface area contributed by atoms with E-state index in [0.29, 0.717) is 12.0 Å². The van der Waals surface area contributed by atoms with Gasteiger partial charge in [0.1, 0.15) is 0 Å². The molecule has 0 radical (unpaired) electrons. The molecule has 0 aliphatic heterocycles. The Morgan fingerprint density at radius 1 is 1.29 bits per heavy atom. The van der Waals surface area contributed by atoms with Crippen molar-refractivity contribution < 1.29 is 4.79 Å². The summed E-state index contributed by atoms with van der Waals surface area (Å²) in [6.07, 6.45) is 3.05. The summed E-state index contributed by atoms with van der Waals surface area (Å²) < 4.78 is 0. The molecule has 4 heteroatoms. The van der Waals surface area contributed by atoms with Gasteiger partial charge in [-0.15, -0.1) is 0 Å². The summed E-state index contributed by atoms with van der Waals surface area (Å²) in [5.41, 5.74) is 7.55. The summed E-state index contributed by atoms with van der Waals surface area (Å²) in [5.74, 6) is -0.00915. The van der Waals surface area contributed by atoms with Crippen LogP contribution in [-0.4, -0.2) is 22.0 Å². The van der Waals surface area contributed by atoms with Gasteiger partial charge in [0.15, 0.2) is 5.78 Å². The molecule has 0 saturated carbocycles. The molecule has 1 aromatic heterocycles. The smallest absolute Gasteiger partial charge is 0.179 e. The number of aryl methyl sites for hydroxylation is 1. The zero-order valence-corrected chi connectivity index (χ0v) is 9.47. The molecule has 0 saturated heterocycles. The van der Waals surface area contributed by atoms with Crippen molar-refractivity contribution in [3.05, 3.63) is 53.9 Å². The van der Waals surface area contributed by atoms with E-state index in [2.05, 4.69) is 10.2 Å². The molecule has 2 aromatic rings. The molecule has 17 heavy (non-hydrogen) atoms. The van der Waals surface area contributed by atoms with Gasteiger partial charge in [-0.2, -0.15) is 5.10 Å². The molecule has 0 amide bonds. The monoisotopic (exact) mass is 229 g/mol. The Kier molecular flexibility index (Phi) is 3.67. The van der Waals surface area contributed by atoms with Crippen molar-refractivity contribution in [2.75, 3.05) is 0 Å². The molecule has 0 fully saturated rings. The third-order valence-electron chi connectivity index (χ3n) is 2.68. The number of benzene rings is 1. The molecule has 0 bridgehead atoms. The number of carbonyl (C=O) groups is 1. The Hall–Kier alpha value is -1.94. The minimum absolute atomic E-state index is 0.00915. The highest BCUT2D eigenvalue weighted by Crippen LogP contribution is 2.07. The average molecular weight is 229 g/mol. The van der Waals surface area contributed by atoms with Crippen LogP contribution in [-0.2, 0) is 6.42 Å². The zero-order valence-electron chi connectivity index (χ0n) is 9.47. The molecule has 4 nitrogen and oxygen atoms in total. The number of hydrogen-bond donors (Lipinski definition) is 2. The minimum Gasteiger partial charge on any atom is -0.321 e. The molecule has 0 aliphatic rings.